The molecule has 5 rings (SSSR count). The van der Waals surface area contributed by atoms with Crippen LogP contribution in [0.15, 0.2) is 10.9 Å². The molecule has 0 radical (unpaired) electrons. The third kappa shape index (κ3) is 2.68. The molecule has 1 saturated heterocycles. The van der Waals surface area contributed by atoms with E-state index in [0.29, 0.717) is 47.4 Å². The van der Waals surface area contributed by atoms with Crippen LogP contribution in [0.25, 0.3) is 0 Å². The van der Waals surface area contributed by atoms with Gasteiger partial charge in [-0.05, 0) is 49.1 Å². The average Bonchev–Trinajstić information content (AvgIpc) is 3.13. The second-order valence-electron chi connectivity index (χ2n) is 9.60. The zero-order valence-electron chi connectivity index (χ0n) is 18.1. The molecule has 3 aliphatic heterocycles. The van der Waals surface area contributed by atoms with E-state index in [0.717, 1.165) is 37.9 Å². The van der Waals surface area contributed by atoms with Crippen LogP contribution in [0.3, 0.4) is 0 Å². The maximum Gasteiger partial charge on any atom is 0.331 e. The van der Waals surface area contributed by atoms with E-state index in [1.54, 1.807) is 0 Å². The number of nitrogens with zero attached hydrogens (tertiary/aromatic N) is 1. The summed E-state index contributed by atoms with van der Waals surface area (Å²) in [6, 6.07) is 2.61. The van der Waals surface area contributed by atoms with E-state index in [4.69, 9.17) is 15.2 Å². The normalized spacial score (nSPS) is 39.5. The summed E-state index contributed by atoms with van der Waals surface area (Å²) in [4.78, 5) is 25.9. The molecule has 7 unspecified atom stereocenters. The molecule has 4 heterocycles. The largest absolute Gasteiger partial charge is 0.459 e. The van der Waals surface area contributed by atoms with Crippen molar-refractivity contribution < 1.29 is 14.3 Å². The molecular formula is C23H33N3O4. The molecule has 0 amide bonds. The van der Waals surface area contributed by atoms with Gasteiger partial charge in [0.25, 0.3) is 5.56 Å². The Kier molecular flexibility index (Phi) is 4.84. The van der Waals surface area contributed by atoms with Crippen molar-refractivity contribution >= 4 is 5.97 Å². The van der Waals surface area contributed by atoms with Crippen molar-refractivity contribution in [2.24, 2.45) is 23.5 Å². The minimum absolute atomic E-state index is 0.0208. The van der Waals surface area contributed by atoms with E-state index in [1.165, 1.54) is 0 Å². The van der Waals surface area contributed by atoms with Gasteiger partial charge in [0.05, 0.1) is 17.7 Å². The molecule has 0 aromatic carbocycles. The monoisotopic (exact) mass is 415 g/mol. The van der Waals surface area contributed by atoms with Crippen molar-refractivity contribution in [2.75, 3.05) is 7.11 Å². The lowest BCUT2D eigenvalue weighted by atomic mass is 9.65. The van der Waals surface area contributed by atoms with Gasteiger partial charge in [0.15, 0.2) is 0 Å². The molecule has 0 bridgehead atoms. The summed E-state index contributed by atoms with van der Waals surface area (Å²) < 4.78 is 12.9. The fourth-order valence-electron chi connectivity index (χ4n) is 6.74. The van der Waals surface area contributed by atoms with Crippen molar-refractivity contribution in [3.63, 3.8) is 0 Å². The van der Waals surface area contributed by atoms with Crippen LogP contribution < -0.4 is 16.6 Å². The molecule has 1 saturated carbocycles. The minimum atomic E-state index is -1.24. The summed E-state index contributed by atoms with van der Waals surface area (Å²) in [6.07, 6.45) is 5.10. The molecule has 2 fully saturated rings. The van der Waals surface area contributed by atoms with Gasteiger partial charge >= 0.3 is 5.97 Å². The fraction of sp³-hybridized carbons (Fsp3) is 0.739. The van der Waals surface area contributed by atoms with Crippen LogP contribution in [-0.2, 0) is 33.0 Å². The fourth-order valence-corrected chi connectivity index (χ4v) is 6.74. The van der Waals surface area contributed by atoms with Gasteiger partial charge in [-0.3, -0.25) is 4.79 Å². The summed E-state index contributed by atoms with van der Waals surface area (Å²) in [7, 11) is 1.82. The molecule has 1 aromatic rings. The van der Waals surface area contributed by atoms with E-state index < -0.39 is 11.5 Å². The minimum Gasteiger partial charge on any atom is -0.459 e. The van der Waals surface area contributed by atoms with E-state index in [2.05, 4.69) is 12.2 Å². The van der Waals surface area contributed by atoms with Gasteiger partial charge in [-0.2, -0.15) is 0 Å². The van der Waals surface area contributed by atoms with Crippen LogP contribution in [0, 0.1) is 17.8 Å². The highest BCUT2D eigenvalue weighted by atomic mass is 16.5. The molecule has 3 N–H and O–H groups in total. The molecule has 1 aromatic heterocycles. The first-order valence-electron chi connectivity index (χ1n) is 11.4. The molecule has 7 heteroatoms. The highest BCUT2D eigenvalue weighted by Gasteiger charge is 2.51. The van der Waals surface area contributed by atoms with Crippen LogP contribution in [0.5, 0.6) is 0 Å². The number of esters is 1. The third-order valence-electron chi connectivity index (χ3n) is 8.47. The number of methoxy groups -OCH3 is 1. The van der Waals surface area contributed by atoms with Crippen molar-refractivity contribution in [3.8, 4) is 0 Å². The molecular weight excluding hydrogens is 382 g/mol. The predicted octanol–water partition coefficient (Wildman–Crippen LogP) is 1.95. The summed E-state index contributed by atoms with van der Waals surface area (Å²) in [5.74, 6) is 1.05. The average molecular weight is 416 g/mol. The Bertz CT molecular complexity index is 928. The van der Waals surface area contributed by atoms with Crippen molar-refractivity contribution in [2.45, 2.75) is 82.8 Å². The van der Waals surface area contributed by atoms with Crippen LogP contribution in [0.1, 0.15) is 68.8 Å². The van der Waals surface area contributed by atoms with Crippen molar-refractivity contribution in [3.05, 3.63) is 33.2 Å². The quantitative estimate of drug-likeness (QED) is 0.733. The Morgan fingerprint density at radius 1 is 1.30 bits per heavy atom. The smallest absolute Gasteiger partial charge is 0.331 e. The Labute approximate surface area is 177 Å². The van der Waals surface area contributed by atoms with E-state index in [9.17, 15) is 9.59 Å². The van der Waals surface area contributed by atoms with Crippen LogP contribution >= 0.6 is 0 Å². The number of nitrogens with two attached hydrogens (primary N) is 1. The summed E-state index contributed by atoms with van der Waals surface area (Å²) in [5, 5.41) is 3.90. The number of carbonyl (C=O) groups excluding carboxylic acids is 1. The van der Waals surface area contributed by atoms with Gasteiger partial charge in [-0.1, -0.05) is 20.3 Å². The van der Waals surface area contributed by atoms with Gasteiger partial charge in [-0.25, -0.2) is 4.79 Å². The first kappa shape index (κ1) is 20.2. The number of pyridine rings is 1. The SMILES string of the molecule is CCC1C2CC(OC)CCC2NC2c3cc4c(c(=O)n3CC21)COC(=O)C4(N)CC. The second kappa shape index (κ2) is 7.18. The maximum atomic E-state index is 13.4. The zero-order chi connectivity index (χ0) is 21.2. The number of cyclic esters (lactones) is 1. The zero-order valence-corrected chi connectivity index (χ0v) is 18.1. The molecule has 30 heavy (non-hydrogen) atoms. The number of hydrogen-bond acceptors (Lipinski definition) is 6. The number of aromatic nitrogens is 1. The van der Waals surface area contributed by atoms with E-state index in [1.807, 2.05) is 24.7 Å². The molecule has 1 aliphatic carbocycles. The van der Waals surface area contributed by atoms with Crippen LogP contribution in [-0.4, -0.2) is 29.8 Å². The van der Waals surface area contributed by atoms with Gasteiger partial charge in [0, 0.05) is 31.3 Å². The van der Waals surface area contributed by atoms with E-state index >= 15 is 0 Å². The van der Waals surface area contributed by atoms with Crippen LogP contribution in [0.4, 0.5) is 0 Å². The number of hydrogen-bond donors (Lipinski definition) is 2. The lowest BCUT2D eigenvalue weighted by Gasteiger charge is -2.49. The molecule has 4 aliphatic rings. The molecule has 164 valence electrons. The summed E-state index contributed by atoms with van der Waals surface area (Å²) in [6.45, 7) is 4.88. The number of carbonyl (C=O) groups is 1. The maximum absolute atomic E-state index is 13.4. The van der Waals surface area contributed by atoms with E-state index in [-0.39, 0.29) is 18.2 Å². The molecule has 0 spiro atoms. The standard InChI is InChI=1S/C23H33N3O4/c1-4-13-14-8-12(29-3)6-7-18(14)25-20-15(13)10-26-19(20)9-17-16(21(26)27)11-30-22(28)23(17,24)5-2/h9,12-15,18,20,25H,4-8,10-11,24H2,1-3H3. The second-order valence-corrected chi connectivity index (χ2v) is 9.60. The number of fused-ring (bicyclic) bond motifs is 5. The topological polar surface area (TPSA) is 95.6 Å². The van der Waals surface area contributed by atoms with Gasteiger partial charge in [0.2, 0.25) is 0 Å². The summed E-state index contributed by atoms with van der Waals surface area (Å²) >= 11 is 0. The lowest BCUT2D eigenvalue weighted by molar-refractivity contribution is -0.154. The Morgan fingerprint density at radius 2 is 2.10 bits per heavy atom. The first-order valence-corrected chi connectivity index (χ1v) is 11.4. The van der Waals surface area contributed by atoms with Crippen molar-refractivity contribution in [1.29, 1.82) is 0 Å². The Balaban J connectivity index is 1.58. The predicted molar refractivity (Wildman–Crippen MR) is 112 cm³/mol. The van der Waals surface area contributed by atoms with Gasteiger partial charge in [-0.15, -0.1) is 0 Å². The Hall–Kier alpha value is -1.70. The highest BCUT2D eigenvalue weighted by Crippen LogP contribution is 2.49. The number of nitrogens with one attached hydrogen (secondary N) is 1. The number of rotatable bonds is 3. The Morgan fingerprint density at radius 3 is 2.80 bits per heavy atom. The van der Waals surface area contributed by atoms with Gasteiger partial charge < -0.3 is 25.1 Å². The number of ether oxygens (including phenoxy) is 2. The first-order chi connectivity index (χ1) is 14.4. The lowest BCUT2D eigenvalue weighted by Crippen LogP contribution is -2.54. The highest BCUT2D eigenvalue weighted by molar-refractivity contribution is 5.84. The molecule has 7 atom stereocenters. The molecule has 7 nitrogen and oxygen atoms in total. The van der Waals surface area contributed by atoms with Gasteiger partial charge in [0.1, 0.15) is 12.1 Å². The third-order valence-corrected chi connectivity index (χ3v) is 8.47. The van der Waals surface area contributed by atoms with Crippen molar-refractivity contribution in [1.82, 2.24) is 9.88 Å². The summed E-state index contributed by atoms with van der Waals surface area (Å²) in [5.41, 5.74) is 7.41. The number of piperidine rings is 1. The van der Waals surface area contributed by atoms with Crippen LogP contribution in [0.2, 0.25) is 0 Å².